The molecule has 0 unspecified atom stereocenters. The van der Waals surface area contributed by atoms with Crippen molar-refractivity contribution in [2.45, 2.75) is 12.8 Å². The monoisotopic (exact) mass is 489 g/mol. The first kappa shape index (κ1) is 24.6. The third-order valence-corrected chi connectivity index (χ3v) is 6.44. The Labute approximate surface area is 201 Å². The van der Waals surface area contributed by atoms with Gasteiger partial charge in [-0.1, -0.05) is 0 Å². The molecule has 0 radical (unpaired) electrons. The summed E-state index contributed by atoms with van der Waals surface area (Å²) in [6, 6.07) is 8.99. The highest BCUT2D eigenvalue weighted by Crippen LogP contribution is 2.22. The number of hydrogen-bond acceptors (Lipinski definition) is 5. The average molecular weight is 489 g/mol. The van der Waals surface area contributed by atoms with Crippen molar-refractivity contribution in [1.29, 1.82) is 0 Å². The van der Waals surface area contributed by atoms with Gasteiger partial charge in [0, 0.05) is 51.0 Å². The lowest BCUT2D eigenvalue weighted by Crippen LogP contribution is -2.50. The topological polar surface area (TPSA) is 70.2 Å². The third-order valence-electron chi connectivity index (χ3n) is 6.44. The average Bonchev–Trinajstić information content (AvgIpc) is 2.87. The number of rotatable bonds is 5. The zero-order valence-corrected chi connectivity index (χ0v) is 19.1. The van der Waals surface area contributed by atoms with Gasteiger partial charge in [-0.15, -0.1) is 0 Å². The number of halogens is 3. The van der Waals surface area contributed by atoms with Crippen LogP contribution < -0.4 is 4.90 Å². The first-order valence-corrected chi connectivity index (χ1v) is 11.5. The zero-order valence-electron chi connectivity index (χ0n) is 19.1. The minimum Gasteiger partial charge on any atom is -0.455 e. The summed E-state index contributed by atoms with van der Waals surface area (Å²) >= 11 is 0. The summed E-state index contributed by atoms with van der Waals surface area (Å²) in [7, 11) is 0. The summed E-state index contributed by atoms with van der Waals surface area (Å²) in [5, 5.41) is 0. The number of hydrogen-bond donors (Lipinski definition) is 0. The van der Waals surface area contributed by atoms with E-state index in [1.165, 1.54) is 17.0 Å². The molecule has 0 bridgehead atoms. The number of likely N-dealkylation sites (tertiary alicyclic amines) is 1. The Morgan fingerprint density at radius 1 is 0.800 bits per heavy atom. The highest BCUT2D eigenvalue weighted by atomic mass is 19.1. The highest BCUT2D eigenvalue weighted by molar-refractivity contribution is 5.94. The minimum atomic E-state index is -0.923. The number of piperazine rings is 1. The van der Waals surface area contributed by atoms with E-state index in [2.05, 4.69) is 4.90 Å². The van der Waals surface area contributed by atoms with Gasteiger partial charge < -0.3 is 19.4 Å². The van der Waals surface area contributed by atoms with E-state index in [9.17, 15) is 27.6 Å². The van der Waals surface area contributed by atoms with Crippen molar-refractivity contribution in [3.63, 3.8) is 0 Å². The lowest BCUT2D eigenvalue weighted by atomic mass is 9.96. The van der Waals surface area contributed by atoms with E-state index in [4.69, 9.17) is 4.74 Å². The van der Waals surface area contributed by atoms with Gasteiger partial charge in [0.25, 0.3) is 11.8 Å². The van der Waals surface area contributed by atoms with Gasteiger partial charge in [-0.2, -0.15) is 0 Å². The number of amides is 2. The zero-order chi connectivity index (χ0) is 24.9. The van der Waals surface area contributed by atoms with Gasteiger partial charge in [0.15, 0.2) is 6.61 Å². The van der Waals surface area contributed by atoms with Crippen molar-refractivity contribution in [1.82, 2.24) is 9.80 Å². The molecule has 0 aromatic heterocycles. The molecule has 10 heteroatoms. The Morgan fingerprint density at radius 2 is 1.43 bits per heavy atom. The highest BCUT2D eigenvalue weighted by Gasteiger charge is 2.31. The quantitative estimate of drug-likeness (QED) is 0.605. The van der Waals surface area contributed by atoms with Crippen LogP contribution in [0.5, 0.6) is 0 Å². The van der Waals surface area contributed by atoms with E-state index >= 15 is 0 Å². The van der Waals surface area contributed by atoms with Gasteiger partial charge in [0.1, 0.15) is 17.5 Å². The van der Waals surface area contributed by atoms with Crippen molar-refractivity contribution < 1.29 is 32.3 Å². The Morgan fingerprint density at radius 3 is 2.06 bits per heavy atom. The van der Waals surface area contributed by atoms with Crippen LogP contribution in [-0.2, 0) is 14.3 Å². The molecule has 2 fully saturated rings. The van der Waals surface area contributed by atoms with Crippen LogP contribution in [0.15, 0.2) is 42.5 Å². The van der Waals surface area contributed by atoms with E-state index in [-0.39, 0.29) is 37.0 Å². The molecule has 2 aliphatic heterocycles. The Balaban J connectivity index is 1.19. The summed E-state index contributed by atoms with van der Waals surface area (Å²) in [4.78, 5) is 42.6. The molecule has 2 aromatic rings. The van der Waals surface area contributed by atoms with Crippen LogP contribution in [0.1, 0.15) is 23.2 Å². The number of nitrogens with zero attached hydrogens (tertiary/aromatic N) is 3. The predicted octanol–water partition coefficient (Wildman–Crippen LogP) is 2.85. The molecule has 0 N–H and O–H groups in total. The number of ether oxygens (including phenoxy) is 1. The molecule has 35 heavy (non-hydrogen) atoms. The molecular formula is C25H26F3N3O4. The van der Waals surface area contributed by atoms with Crippen molar-refractivity contribution in [3.8, 4) is 0 Å². The summed E-state index contributed by atoms with van der Waals surface area (Å²) in [5.74, 6) is -3.77. The van der Waals surface area contributed by atoms with Crippen LogP contribution in [-0.4, -0.2) is 73.5 Å². The first-order valence-electron chi connectivity index (χ1n) is 11.5. The summed E-state index contributed by atoms with van der Waals surface area (Å²) in [6.45, 7) is 2.22. The van der Waals surface area contributed by atoms with Gasteiger partial charge in [-0.25, -0.2) is 13.2 Å². The van der Waals surface area contributed by atoms with E-state index in [1.807, 2.05) is 0 Å². The van der Waals surface area contributed by atoms with E-state index < -0.39 is 29.4 Å². The second-order valence-corrected chi connectivity index (χ2v) is 8.64. The number of carbonyl (C=O) groups is 3. The third kappa shape index (κ3) is 5.93. The number of carbonyl (C=O) groups excluding carboxylic acids is 3. The Hall–Kier alpha value is -3.56. The maximum atomic E-state index is 13.9. The maximum Gasteiger partial charge on any atom is 0.309 e. The fraction of sp³-hybridized carbons (Fsp3) is 0.400. The van der Waals surface area contributed by atoms with Gasteiger partial charge >= 0.3 is 5.97 Å². The second kappa shape index (κ2) is 10.8. The van der Waals surface area contributed by atoms with Crippen molar-refractivity contribution in [3.05, 3.63) is 65.5 Å². The molecule has 0 atom stereocenters. The normalized spacial score (nSPS) is 16.8. The number of esters is 1. The van der Waals surface area contributed by atoms with E-state index in [1.54, 1.807) is 17.0 Å². The van der Waals surface area contributed by atoms with Gasteiger partial charge in [0.2, 0.25) is 0 Å². The summed E-state index contributed by atoms with van der Waals surface area (Å²) in [6.07, 6.45) is 0.663. The molecule has 2 heterocycles. The lowest BCUT2D eigenvalue weighted by Gasteiger charge is -2.36. The molecule has 186 valence electrons. The summed E-state index contributed by atoms with van der Waals surface area (Å²) < 4.78 is 45.3. The second-order valence-electron chi connectivity index (χ2n) is 8.64. The first-order chi connectivity index (χ1) is 16.8. The predicted molar refractivity (Wildman–Crippen MR) is 121 cm³/mol. The molecule has 2 aromatic carbocycles. The number of piperidine rings is 1. The van der Waals surface area contributed by atoms with E-state index in [0.29, 0.717) is 45.1 Å². The van der Waals surface area contributed by atoms with Crippen molar-refractivity contribution in [2.24, 2.45) is 5.92 Å². The standard InChI is InChI=1S/C25H26F3N3O4/c26-18-1-4-20(5-2-18)29-11-13-30(14-12-29)23(32)16-35-25(34)17-7-9-31(10-8-17)24(33)21-6-3-19(27)15-22(21)28/h1-6,15,17H,7-14,16H2. The molecular weight excluding hydrogens is 463 g/mol. The largest absolute Gasteiger partial charge is 0.455 e. The van der Waals surface area contributed by atoms with E-state index in [0.717, 1.165) is 17.8 Å². The Kier molecular flexibility index (Phi) is 7.57. The van der Waals surface area contributed by atoms with Crippen LogP contribution in [0.25, 0.3) is 0 Å². The fourth-order valence-electron chi connectivity index (χ4n) is 4.36. The number of anilines is 1. The van der Waals surface area contributed by atoms with Crippen LogP contribution in [0, 0.1) is 23.4 Å². The van der Waals surface area contributed by atoms with Crippen LogP contribution in [0.2, 0.25) is 0 Å². The molecule has 2 aliphatic rings. The van der Waals surface area contributed by atoms with Crippen LogP contribution in [0.3, 0.4) is 0 Å². The number of benzene rings is 2. The van der Waals surface area contributed by atoms with Crippen LogP contribution >= 0.6 is 0 Å². The fourth-order valence-corrected chi connectivity index (χ4v) is 4.36. The SMILES string of the molecule is O=C(OCC(=O)N1CCN(c2ccc(F)cc2)CC1)C1CCN(C(=O)c2ccc(F)cc2F)CC1. The molecule has 0 aliphatic carbocycles. The van der Waals surface area contributed by atoms with Gasteiger partial charge in [0.05, 0.1) is 11.5 Å². The smallest absolute Gasteiger partial charge is 0.309 e. The molecule has 4 rings (SSSR count). The van der Waals surface area contributed by atoms with Gasteiger partial charge in [-0.3, -0.25) is 14.4 Å². The Bertz CT molecular complexity index is 1080. The molecule has 0 spiro atoms. The maximum absolute atomic E-state index is 13.9. The molecule has 0 saturated carbocycles. The molecule has 2 amide bonds. The minimum absolute atomic E-state index is 0.211. The van der Waals surface area contributed by atoms with Crippen molar-refractivity contribution in [2.75, 3.05) is 50.8 Å². The summed E-state index contributed by atoms with van der Waals surface area (Å²) in [5.41, 5.74) is 0.675. The van der Waals surface area contributed by atoms with Gasteiger partial charge in [-0.05, 0) is 49.2 Å². The lowest BCUT2D eigenvalue weighted by molar-refractivity contribution is -0.156. The van der Waals surface area contributed by atoms with Crippen molar-refractivity contribution >= 4 is 23.5 Å². The molecule has 2 saturated heterocycles. The van der Waals surface area contributed by atoms with Crippen LogP contribution in [0.4, 0.5) is 18.9 Å². The molecule has 7 nitrogen and oxygen atoms in total.